The normalized spacial score (nSPS) is 11.2. The standard InChI is InChI=1S/C20H32N6O/c1-6-8-10-25(11-9-7-2)14-19(27)23-18-13-17(5)24-26(18)20-21-15(3)12-16(4)22-20/h12-13H,6-11,14H2,1-5H3,(H,23,27). The number of nitrogens with zero attached hydrogens (tertiary/aromatic N) is 5. The van der Waals surface area contributed by atoms with Crippen LogP contribution in [-0.4, -0.2) is 50.2 Å². The molecule has 7 heteroatoms. The lowest BCUT2D eigenvalue weighted by Crippen LogP contribution is -2.35. The number of aromatic nitrogens is 4. The number of carbonyl (C=O) groups is 1. The Balaban J connectivity index is 2.13. The van der Waals surface area contributed by atoms with E-state index >= 15 is 0 Å². The summed E-state index contributed by atoms with van der Waals surface area (Å²) in [4.78, 5) is 23.8. The van der Waals surface area contributed by atoms with Crippen LogP contribution in [0.4, 0.5) is 5.82 Å². The van der Waals surface area contributed by atoms with Gasteiger partial charge in [0.25, 0.3) is 5.95 Å². The number of rotatable bonds is 10. The van der Waals surface area contributed by atoms with Crippen LogP contribution >= 0.6 is 0 Å². The second kappa shape index (κ2) is 10.2. The minimum absolute atomic E-state index is 0.0345. The molecule has 0 spiro atoms. The Morgan fingerprint density at radius 2 is 1.59 bits per heavy atom. The minimum atomic E-state index is -0.0345. The van der Waals surface area contributed by atoms with Crippen molar-refractivity contribution in [3.8, 4) is 5.95 Å². The second-order valence-corrected chi connectivity index (χ2v) is 7.06. The molecule has 0 saturated heterocycles. The molecule has 0 bridgehead atoms. The number of anilines is 1. The topological polar surface area (TPSA) is 75.9 Å². The van der Waals surface area contributed by atoms with Crippen LogP contribution in [-0.2, 0) is 4.79 Å². The third kappa shape index (κ3) is 6.43. The van der Waals surface area contributed by atoms with Gasteiger partial charge in [-0.05, 0) is 52.8 Å². The van der Waals surface area contributed by atoms with Crippen LogP contribution in [0.1, 0.15) is 56.6 Å². The van der Waals surface area contributed by atoms with Crippen molar-refractivity contribution in [1.29, 1.82) is 0 Å². The van der Waals surface area contributed by atoms with E-state index in [1.807, 2.05) is 32.9 Å². The van der Waals surface area contributed by atoms with E-state index in [4.69, 9.17) is 0 Å². The molecular weight excluding hydrogens is 340 g/mol. The van der Waals surface area contributed by atoms with Crippen LogP contribution in [0.2, 0.25) is 0 Å². The molecule has 2 rings (SSSR count). The molecule has 27 heavy (non-hydrogen) atoms. The van der Waals surface area contributed by atoms with E-state index in [-0.39, 0.29) is 5.91 Å². The average Bonchev–Trinajstić information content (AvgIpc) is 2.96. The highest BCUT2D eigenvalue weighted by Gasteiger charge is 2.16. The largest absolute Gasteiger partial charge is 0.309 e. The Morgan fingerprint density at radius 1 is 1.00 bits per heavy atom. The Morgan fingerprint density at radius 3 is 2.15 bits per heavy atom. The number of hydrogen-bond acceptors (Lipinski definition) is 5. The average molecular weight is 373 g/mol. The molecule has 0 fully saturated rings. The number of unbranched alkanes of at least 4 members (excludes halogenated alkanes) is 2. The number of hydrogen-bond donors (Lipinski definition) is 1. The van der Waals surface area contributed by atoms with Gasteiger partial charge in [-0.2, -0.15) is 9.78 Å². The summed E-state index contributed by atoms with van der Waals surface area (Å²) in [5.41, 5.74) is 2.54. The van der Waals surface area contributed by atoms with E-state index in [1.165, 1.54) is 0 Å². The molecule has 0 saturated carbocycles. The molecule has 2 aromatic rings. The summed E-state index contributed by atoms with van der Waals surface area (Å²) in [7, 11) is 0. The highest BCUT2D eigenvalue weighted by molar-refractivity contribution is 5.91. The maximum absolute atomic E-state index is 12.6. The van der Waals surface area contributed by atoms with Crippen molar-refractivity contribution < 1.29 is 4.79 Å². The first-order valence-corrected chi connectivity index (χ1v) is 9.84. The summed E-state index contributed by atoms with van der Waals surface area (Å²) in [5, 5.41) is 7.45. The summed E-state index contributed by atoms with van der Waals surface area (Å²) in [6, 6.07) is 3.76. The van der Waals surface area contributed by atoms with E-state index in [9.17, 15) is 4.79 Å². The smallest absolute Gasteiger partial charge is 0.252 e. The molecule has 0 aliphatic carbocycles. The maximum Gasteiger partial charge on any atom is 0.252 e. The van der Waals surface area contributed by atoms with E-state index < -0.39 is 0 Å². The fourth-order valence-corrected chi connectivity index (χ4v) is 2.96. The first-order chi connectivity index (χ1) is 12.9. The minimum Gasteiger partial charge on any atom is -0.309 e. The molecule has 148 valence electrons. The lowest BCUT2D eigenvalue weighted by atomic mass is 10.2. The van der Waals surface area contributed by atoms with Gasteiger partial charge in [0.1, 0.15) is 5.82 Å². The zero-order chi connectivity index (χ0) is 19.8. The van der Waals surface area contributed by atoms with Gasteiger partial charge in [-0.25, -0.2) is 9.97 Å². The molecule has 1 N–H and O–H groups in total. The van der Waals surface area contributed by atoms with Gasteiger partial charge in [-0.3, -0.25) is 9.69 Å². The molecule has 0 aliphatic heterocycles. The number of carbonyl (C=O) groups excluding carboxylic acids is 1. The fourth-order valence-electron chi connectivity index (χ4n) is 2.96. The van der Waals surface area contributed by atoms with Crippen LogP contribution < -0.4 is 5.32 Å². The molecular formula is C20H32N6O. The third-order valence-corrected chi connectivity index (χ3v) is 4.28. The third-order valence-electron chi connectivity index (χ3n) is 4.28. The van der Waals surface area contributed by atoms with Crippen LogP contribution in [0.5, 0.6) is 0 Å². The Hall–Kier alpha value is -2.28. The molecule has 0 radical (unpaired) electrons. The first-order valence-electron chi connectivity index (χ1n) is 9.84. The van der Waals surface area contributed by atoms with Crippen LogP contribution in [0, 0.1) is 20.8 Å². The second-order valence-electron chi connectivity index (χ2n) is 7.06. The van der Waals surface area contributed by atoms with Crippen LogP contribution in [0.15, 0.2) is 12.1 Å². The summed E-state index contributed by atoms with van der Waals surface area (Å²) in [6.45, 7) is 12.4. The molecule has 2 heterocycles. The lowest BCUT2D eigenvalue weighted by Gasteiger charge is -2.21. The van der Waals surface area contributed by atoms with Gasteiger partial charge in [0.05, 0.1) is 12.2 Å². The van der Waals surface area contributed by atoms with Crippen molar-refractivity contribution in [3.63, 3.8) is 0 Å². The Kier molecular flexibility index (Phi) is 7.91. The SMILES string of the molecule is CCCCN(CCCC)CC(=O)Nc1cc(C)nn1-c1nc(C)cc(C)n1. The molecule has 2 aromatic heterocycles. The number of amides is 1. The van der Waals surface area contributed by atoms with Crippen molar-refractivity contribution in [1.82, 2.24) is 24.6 Å². The fraction of sp³-hybridized carbons (Fsp3) is 0.600. The number of aryl methyl sites for hydroxylation is 3. The van der Waals surface area contributed by atoms with Gasteiger partial charge >= 0.3 is 0 Å². The number of nitrogens with one attached hydrogen (secondary N) is 1. The van der Waals surface area contributed by atoms with E-state index in [2.05, 4.69) is 39.1 Å². The van der Waals surface area contributed by atoms with Gasteiger partial charge in [0, 0.05) is 17.5 Å². The zero-order valence-corrected chi connectivity index (χ0v) is 17.2. The zero-order valence-electron chi connectivity index (χ0n) is 17.2. The van der Waals surface area contributed by atoms with Gasteiger partial charge in [0.15, 0.2) is 0 Å². The molecule has 7 nitrogen and oxygen atoms in total. The lowest BCUT2D eigenvalue weighted by molar-refractivity contribution is -0.117. The van der Waals surface area contributed by atoms with Crippen molar-refractivity contribution in [3.05, 3.63) is 29.2 Å². The molecule has 0 unspecified atom stereocenters. The highest BCUT2D eigenvalue weighted by Crippen LogP contribution is 2.15. The van der Waals surface area contributed by atoms with E-state index in [0.717, 1.165) is 55.9 Å². The quantitative estimate of drug-likeness (QED) is 0.691. The van der Waals surface area contributed by atoms with Crippen LogP contribution in [0.3, 0.4) is 0 Å². The Labute approximate surface area is 162 Å². The highest BCUT2D eigenvalue weighted by atomic mass is 16.2. The Bertz CT molecular complexity index is 727. The van der Waals surface area contributed by atoms with Crippen molar-refractivity contribution in [2.75, 3.05) is 25.0 Å². The van der Waals surface area contributed by atoms with Gasteiger partial charge < -0.3 is 5.32 Å². The summed E-state index contributed by atoms with van der Waals surface area (Å²) in [6.07, 6.45) is 4.45. The van der Waals surface area contributed by atoms with Crippen LogP contribution in [0.25, 0.3) is 5.95 Å². The molecule has 0 atom stereocenters. The monoisotopic (exact) mass is 372 g/mol. The van der Waals surface area contributed by atoms with Gasteiger partial charge in [-0.1, -0.05) is 26.7 Å². The molecule has 0 aliphatic rings. The summed E-state index contributed by atoms with van der Waals surface area (Å²) in [5.74, 6) is 1.05. The summed E-state index contributed by atoms with van der Waals surface area (Å²) >= 11 is 0. The maximum atomic E-state index is 12.6. The predicted octanol–water partition coefficient (Wildman–Crippen LogP) is 3.43. The van der Waals surface area contributed by atoms with Gasteiger partial charge in [-0.15, -0.1) is 0 Å². The van der Waals surface area contributed by atoms with E-state index in [0.29, 0.717) is 18.3 Å². The van der Waals surface area contributed by atoms with E-state index in [1.54, 1.807) is 4.68 Å². The van der Waals surface area contributed by atoms with Gasteiger partial charge in [0.2, 0.25) is 5.91 Å². The van der Waals surface area contributed by atoms with Crippen molar-refractivity contribution >= 4 is 11.7 Å². The molecule has 0 aromatic carbocycles. The summed E-state index contributed by atoms with van der Waals surface area (Å²) < 4.78 is 1.61. The molecule has 1 amide bonds. The first kappa shape index (κ1) is 21.0. The predicted molar refractivity (Wildman–Crippen MR) is 108 cm³/mol. The van der Waals surface area contributed by atoms with Crippen molar-refractivity contribution in [2.45, 2.75) is 60.3 Å². The van der Waals surface area contributed by atoms with Crippen molar-refractivity contribution in [2.24, 2.45) is 0 Å².